The molecule has 3 rings (SSSR count). The van der Waals surface area contributed by atoms with E-state index in [2.05, 4.69) is 16.8 Å². The molecule has 1 N–H and O–H groups in total. The van der Waals surface area contributed by atoms with Gasteiger partial charge in [0.25, 0.3) is 5.91 Å². The van der Waals surface area contributed by atoms with Gasteiger partial charge < -0.3 is 9.88 Å². The van der Waals surface area contributed by atoms with Crippen LogP contribution in [0, 0.1) is 0 Å². The number of hydrogen-bond acceptors (Lipinski definition) is 2. The smallest absolute Gasteiger partial charge is 0.261 e. The number of anilines is 1. The predicted molar refractivity (Wildman–Crippen MR) is 124 cm³/mol. The molecule has 4 nitrogen and oxygen atoms in total. The molecule has 156 valence electrons. The maximum Gasteiger partial charge on any atom is 0.261 e. The van der Waals surface area contributed by atoms with Gasteiger partial charge in [0.1, 0.15) is 5.56 Å². The van der Waals surface area contributed by atoms with Crippen molar-refractivity contribution in [2.45, 2.75) is 46.1 Å². The van der Waals surface area contributed by atoms with Crippen molar-refractivity contribution in [2.24, 2.45) is 0 Å². The van der Waals surface area contributed by atoms with Crippen LogP contribution in [0.5, 0.6) is 0 Å². The fraction of sp³-hybridized carbons (Fsp3) is 0.280. The summed E-state index contributed by atoms with van der Waals surface area (Å²) in [6.45, 7) is 4.72. The normalized spacial score (nSPS) is 10.8. The molecule has 5 heteroatoms. The van der Waals surface area contributed by atoms with E-state index < -0.39 is 0 Å². The van der Waals surface area contributed by atoms with Crippen LogP contribution in [-0.4, -0.2) is 10.5 Å². The summed E-state index contributed by atoms with van der Waals surface area (Å²) in [6.07, 6.45) is 3.26. The molecule has 0 spiro atoms. The Morgan fingerprint density at radius 1 is 1.03 bits per heavy atom. The number of rotatable bonds is 8. The second kappa shape index (κ2) is 10.3. The Morgan fingerprint density at radius 3 is 2.37 bits per heavy atom. The van der Waals surface area contributed by atoms with Gasteiger partial charge in [-0.25, -0.2) is 0 Å². The van der Waals surface area contributed by atoms with Crippen LogP contribution < -0.4 is 10.7 Å². The molecule has 2 aromatic carbocycles. The molecular formula is C25H27ClN2O2. The van der Waals surface area contributed by atoms with Gasteiger partial charge in [0, 0.05) is 34.7 Å². The van der Waals surface area contributed by atoms with Crippen LogP contribution in [0.1, 0.15) is 54.0 Å². The van der Waals surface area contributed by atoms with E-state index >= 15 is 0 Å². The third-order valence-corrected chi connectivity index (χ3v) is 5.40. The van der Waals surface area contributed by atoms with Crippen molar-refractivity contribution in [1.29, 1.82) is 0 Å². The highest BCUT2D eigenvalue weighted by atomic mass is 35.5. The largest absolute Gasteiger partial charge is 0.343 e. The first-order valence-corrected chi connectivity index (χ1v) is 10.8. The van der Waals surface area contributed by atoms with E-state index in [0.717, 1.165) is 29.8 Å². The fourth-order valence-corrected chi connectivity index (χ4v) is 3.70. The van der Waals surface area contributed by atoms with Gasteiger partial charge in [0.15, 0.2) is 5.43 Å². The number of carbonyl (C=O) groups excluding carboxylic acids is 1. The number of aromatic nitrogens is 1. The third kappa shape index (κ3) is 5.19. The Morgan fingerprint density at radius 2 is 1.73 bits per heavy atom. The summed E-state index contributed by atoms with van der Waals surface area (Å²) in [7, 11) is 0. The molecule has 0 aliphatic carbocycles. The van der Waals surface area contributed by atoms with E-state index in [1.165, 1.54) is 0 Å². The van der Waals surface area contributed by atoms with Gasteiger partial charge in [0.05, 0.1) is 0 Å². The van der Waals surface area contributed by atoms with Crippen molar-refractivity contribution in [3.8, 4) is 0 Å². The van der Waals surface area contributed by atoms with Crippen LogP contribution in [-0.2, 0) is 19.4 Å². The summed E-state index contributed by atoms with van der Waals surface area (Å²) < 4.78 is 2.13. The fourth-order valence-electron chi connectivity index (χ4n) is 3.58. The summed E-state index contributed by atoms with van der Waals surface area (Å²) in [6, 6.07) is 18.5. The number of pyridine rings is 1. The van der Waals surface area contributed by atoms with Crippen molar-refractivity contribution in [3.63, 3.8) is 0 Å². The van der Waals surface area contributed by atoms with Crippen molar-refractivity contribution in [3.05, 3.63) is 98.4 Å². The number of carbonyl (C=O) groups is 1. The average molecular weight is 423 g/mol. The number of amides is 1. The highest BCUT2D eigenvalue weighted by molar-refractivity contribution is 6.30. The minimum atomic E-state index is -0.357. The Hall–Kier alpha value is -2.85. The maximum absolute atomic E-state index is 13.1. The Bertz CT molecular complexity index is 1060. The predicted octanol–water partition coefficient (Wildman–Crippen LogP) is 5.71. The lowest BCUT2D eigenvalue weighted by Crippen LogP contribution is -2.29. The lowest BCUT2D eigenvalue weighted by molar-refractivity contribution is 0.102. The molecular weight excluding hydrogens is 396 g/mol. The van der Waals surface area contributed by atoms with E-state index in [1.54, 1.807) is 6.07 Å². The van der Waals surface area contributed by atoms with Crippen LogP contribution in [0.25, 0.3) is 0 Å². The first-order chi connectivity index (χ1) is 14.5. The second-order valence-electron chi connectivity index (χ2n) is 7.31. The number of hydrogen-bond donors (Lipinski definition) is 1. The van der Waals surface area contributed by atoms with E-state index in [-0.39, 0.29) is 16.9 Å². The van der Waals surface area contributed by atoms with Crippen molar-refractivity contribution in [1.82, 2.24) is 4.57 Å². The molecule has 3 aromatic rings. The highest BCUT2D eigenvalue weighted by Gasteiger charge is 2.21. The van der Waals surface area contributed by atoms with Gasteiger partial charge >= 0.3 is 0 Å². The molecule has 0 aliphatic heterocycles. The minimum absolute atomic E-state index is 0.223. The average Bonchev–Trinajstić information content (AvgIpc) is 2.75. The lowest BCUT2D eigenvalue weighted by Gasteiger charge is -2.21. The SMILES string of the molecule is CCCCc1c(C(=O)Nc2ccccc2)c(=O)cc(CC)n1Cc1ccc(Cl)cc1. The topological polar surface area (TPSA) is 51.1 Å². The van der Waals surface area contributed by atoms with Gasteiger partial charge in [0.2, 0.25) is 0 Å². The summed E-state index contributed by atoms with van der Waals surface area (Å²) in [4.78, 5) is 26.1. The van der Waals surface area contributed by atoms with Crippen LogP contribution in [0.2, 0.25) is 5.02 Å². The van der Waals surface area contributed by atoms with Crippen LogP contribution in [0.15, 0.2) is 65.5 Å². The van der Waals surface area contributed by atoms with Gasteiger partial charge in [-0.05, 0) is 49.1 Å². The van der Waals surface area contributed by atoms with Crippen LogP contribution in [0.4, 0.5) is 5.69 Å². The zero-order valence-electron chi connectivity index (χ0n) is 17.5. The molecule has 1 heterocycles. The number of benzene rings is 2. The molecule has 0 saturated carbocycles. The highest BCUT2D eigenvalue weighted by Crippen LogP contribution is 2.19. The van der Waals surface area contributed by atoms with Crippen LogP contribution >= 0.6 is 11.6 Å². The molecule has 0 radical (unpaired) electrons. The number of unbranched alkanes of at least 4 members (excludes halogenated alkanes) is 1. The maximum atomic E-state index is 13.1. The first-order valence-electron chi connectivity index (χ1n) is 10.4. The number of nitrogens with one attached hydrogen (secondary N) is 1. The summed E-state index contributed by atoms with van der Waals surface area (Å²) in [5.41, 5.74) is 3.48. The molecule has 0 saturated heterocycles. The lowest BCUT2D eigenvalue weighted by atomic mass is 10.0. The van der Waals surface area contributed by atoms with E-state index in [4.69, 9.17) is 11.6 Å². The van der Waals surface area contributed by atoms with Crippen molar-refractivity contribution in [2.75, 3.05) is 5.32 Å². The molecule has 0 atom stereocenters. The summed E-state index contributed by atoms with van der Waals surface area (Å²) in [5.74, 6) is -0.357. The summed E-state index contributed by atoms with van der Waals surface area (Å²) >= 11 is 6.04. The van der Waals surface area contributed by atoms with E-state index in [1.807, 2.05) is 61.5 Å². The summed E-state index contributed by atoms with van der Waals surface area (Å²) in [5, 5.41) is 3.57. The standard InChI is InChI=1S/C25H27ClN2O2/c1-3-5-11-22-24(25(30)27-20-9-7-6-8-10-20)23(29)16-21(4-2)28(22)17-18-12-14-19(26)15-13-18/h6-10,12-16H,3-5,11,17H2,1-2H3,(H,27,30). The van der Waals surface area contributed by atoms with Gasteiger partial charge in [-0.1, -0.05) is 62.2 Å². The number of nitrogens with zero attached hydrogens (tertiary/aromatic N) is 1. The van der Waals surface area contributed by atoms with Gasteiger partial charge in [-0.3, -0.25) is 9.59 Å². The van der Waals surface area contributed by atoms with Crippen LogP contribution in [0.3, 0.4) is 0 Å². The Balaban J connectivity index is 2.09. The third-order valence-electron chi connectivity index (χ3n) is 5.15. The quantitative estimate of drug-likeness (QED) is 0.505. The monoisotopic (exact) mass is 422 g/mol. The number of aryl methyl sites for hydroxylation is 1. The molecule has 1 amide bonds. The molecule has 0 unspecified atom stereocenters. The second-order valence-corrected chi connectivity index (χ2v) is 7.75. The van der Waals surface area contributed by atoms with E-state index in [0.29, 0.717) is 30.1 Å². The van der Waals surface area contributed by atoms with E-state index in [9.17, 15) is 9.59 Å². The molecule has 0 fully saturated rings. The Kier molecular flexibility index (Phi) is 7.47. The molecule has 0 aliphatic rings. The van der Waals surface area contributed by atoms with Crippen molar-refractivity contribution < 1.29 is 4.79 Å². The number of para-hydroxylation sites is 1. The molecule has 0 bridgehead atoms. The zero-order valence-corrected chi connectivity index (χ0v) is 18.2. The molecule has 1 aromatic heterocycles. The molecule has 30 heavy (non-hydrogen) atoms. The van der Waals surface area contributed by atoms with Gasteiger partial charge in [-0.2, -0.15) is 0 Å². The number of halogens is 1. The van der Waals surface area contributed by atoms with Gasteiger partial charge in [-0.15, -0.1) is 0 Å². The minimum Gasteiger partial charge on any atom is -0.343 e. The zero-order chi connectivity index (χ0) is 21.5. The van der Waals surface area contributed by atoms with Crippen molar-refractivity contribution >= 4 is 23.2 Å². The first kappa shape index (κ1) is 21.8. The Labute approximate surface area is 182 Å².